The second-order valence-electron chi connectivity index (χ2n) is 11.6. The first-order valence-electron chi connectivity index (χ1n) is 15.5. The molecule has 5 nitrogen and oxygen atoms in total. The molecular formula is C40H21B3FN5. The number of para-hydroxylation sites is 2. The molecule has 49 heavy (non-hydrogen) atoms. The van der Waals surface area contributed by atoms with Gasteiger partial charge in [-0.15, -0.1) is 0 Å². The fraction of sp³-hybridized carbons (Fsp3) is 0. The molecule has 0 fully saturated rings. The van der Waals surface area contributed by atoms with Gasteiger partial charge < -0.3 is 4.57 Å². The van der Waals surface area contributed by atoms with Crippen molar-refractivity contribution in [3.8, 4) is 57.0 Å². The summed E-state index contributed by atoms with van der Waals surface area (Å²) in [6.07, 6.45) is 0. The van der Waals surface area contributed by atoms with E-state index in [0.29, 0.717) is 22.8 Å². The first-order valence-corrected chi connectivity index (χ1v) is 15.5. The lowest BCUT2D eigenvalue weighted by Gasteiger charge is -2.17. The van der Waals surface area contributed by atoms with Crippen LogP contribution in [-0.4, -0.2) is 43.1 Å². The van der Waals surface area contributed by atoms with Crippen molar-refractivity contribution in [2.24, 2.45) is 0 Å². The summed E-state index contributed by atoms with van der Waals surface area (Å²) in [6.45, 7) is 0. The quantitative estimate of drug-likeness (QED) is 0.220. The highest BCUT2D eigenvalue weighted by Gasteiger charge is 2.22. The van der Waals surface area contributed by atoms with Gasteiger partial charge in [-0.2, -0.15) is 5.26 Å². The summed E-state index contributed by atoms with van der Waals surface area (Å²) in [5.74, 6) is -0.241. The van der Waals surface area contributed by atoms with Crippen molar-refractivity contribution < 1.29 is 4.39 Å². The van der Waals surface area contributed by atoms with Crippen LogP contribution in [0.1, 0.15) is 5.56 Å². The van der Waals surface area contributed by atoms with Gasteiger partial charge in [0.2, 0.25) is 0 Å². The molecule has 6 aromatic carbocycles. The summed E-state index contributed by atoms with van der Waals surface area (Å²) in [7, 11) is 18.8. The van der Waals surface area contributed by atoms with E-state index in [1.165, 1.54) is 0 Å². The molecule has 0 amide bonds. The molecule has 0 aliphatic rings. The minimum atomic E-state index is -0.980. The number of rotatable bonds is 5. The number of nitrogens with zero attached hydrogens (tertiary/aromatic N) is 5. The Morgan fingerprint density at radius 1 is 0.531 bits per heavy atom. The topological polar surface area (TPSA) is 67.4 Å². The van der Waals surface area contributed by atoms with E-state index in [1.54, 1.807) is 6.07 Å². The third kappa shape index (κ3) is 5.10. The van der Waals surface area contributed by atoms with Crippen molar-refractivity contribution in [2.45, 2.75) is 0 Å². The van der Waals surface area contributed by atoms with Crippen molar-refractivity contribution in [1.82, 2.24) is 19.5 Å². The van der Waals surface area contributed by atoms with Crippen LogP contribution in [0.5, 0.6) is 0 Å². The Bertz CT molecular complexity index is 2620. The molecule has 2 heterocycles. The van der Waals surface area contributed by atoms with Crippen LogP contribution in [0.2, 0.25) is 0 Å². The van der Waals surface area contributed by atoms with E-state index in [1.807, 2.05) is 103 Å². The van der Waals surface area contributed by atoms with Crippen LogP contribution in [0.25, 0.3) is 72.8 Å². The molecule has 0 unspecified atom stereocenters. The molecule has 2 aromatic heterocycles. The summed E-state index contributed by atoms with van der Waals surface area (Å²) in [5, 5.41) is 11.8. The third-order valence-corrected chi connectivity index (χ3v) is 8.70. The summed E-state index contributed by atoms with van der Waals surface area (Å²) in [5.41, 5.74) is 5.41. The van der Waals surface area contributed by atoms with Crippen molar-refractivity contribution in [3.05, 3.63) is 139 Å². The minimum absolute atomic E-state index is 0.0649. The summed E-state index contributed by atoms with van der Waals surface area (Å²) in [6, 6.07) is 44.0. The van der Waals surface area contributed by atoms with Crippen LogP contribution in [-0.2, 0) is 0 Å². The van der Waals surface area contributed by atoms with Gasteiger partial charge in [-0.05, 0) is 53.6 Å². The van der Waals surface area contributed by atoms with E-state index < -0.39 is 16.8 Å². The third-order valence-electron chi connectivity index (χ3n) is 8.70. The van der Waals surface area contributed by atoms with E-state index >= 15 is 0 Å². The zero-order valence-electron chi connectivity index (χ0n) is 26.0. The number of benzene rings is 6. The molecule has 0 aliphatic heterocycles. The van der Waals surface area contributed by atoms with Crippen LogP contribution in [0, 0.1) is 17.1 Å². The van der Waals surface area contributed by atoms with Gasteiger partial charge in [0.05, 0.1) is 16.6 Å². The van der Waals surface area contributed by atoms with Gasteiger partial charge >= 0.3 is 0 Å². The van der Waals surface area contributed by atoms with E-state index in [0.717, 1.165) is 38.6 Å². The summed E-state index contributed by atoms with van der Waals surface area (Å²) in [4.78, 5) is 14.6. The zero-order valence-corrected chi connectivity index (χ0v) is 26.0. The highest BCUT2D eigenvalue weighted by Crippen LogP contribution is 2.35. The average Bonchev–Trinajstić information content (AvgIpc) is 3.48. The van der Waals surface area contributed by atoms with Gasteiger partial charge in [-0.1, -0.05) is 101 Å². The van der Waals surface area contributed by atoms with Crippen LogP contribution in [0.3, 0.4) is 0 Å². The highest BCUT2D eigenvalue weighted by molar-refractivity contribution is 6.54. The maximum absolute atomic E-state index is 15.0. The van der Waals surface area contributed by atoms with Crippen molar-refractivity contribution in [3.63, 3.8) is 0 Å². The number of fused-ring (bicyclic) bond motifs is 3. The van der Waals surface area contributed by atoms with Crippen LogP contribution in [0.15, 0.2) is 127 Å². The molecule has 0 aliphatic carbocycles. The maximum atomic E-state index is 15.0. The molecule has 8 aromatic rings. The van der Waals surface area contributed by atoms with Crippen molar-refractivity contribution >= 4 is 61.7 Å². The molecule has 6 radical (unpaired) electrons. The fourth-order valence-electron chi connectivity index (χ4n) is 6.31. The zero-order chi connectivity index (χ0) is 33.6. The van der Waals surface area contributed by atoms with Gasteiger partial charge in [0.25, 0.3) is 0 Å². The molecule has 0 N–H and O–H groups in total. The summed E-state index contributed by atoms with van der Waals surface area (Å²) >= 11 is 0. The maximum Gasteiger partial charge on any atom is 0.164 e. The number of hydrogen-bond donors (Lipinski definition) is 0. The Kier molecular flexibility index (Phi) is 7.42. The largest absolute Gasteiger partial charge is 0.309 e. The van der Waals surface area contributed by atoms with Gasteiger partial charge in [0.15, 0.2) is 17.5 Å². The highest BCUT2D eigenvalue weighted by atomic mass is 19.1. The van der Waals surface area contributed by atoms with Crippen LogP contribution in [0.4, 0.5) is 4.39 Å². The first kappa shape index (κ1) is 30.1. The molecule has 8 rings (SSSR count). The molecule has 9 heteroatoms. The summed E-state index contributed by atoms with van der Waals surface area (Å²) < 4.78 is 17.2. The van der Waals surface area contributed by atoms with E-state index in [4.69, 9.17) is 38.5 Å². The lowest BCUT2D eigenvalue weighted by molar-refractivity contribution is 0.634. The lowest BCUT2D eigenvalue weighted by atomic mass is 9.70. The Labute approximate surface area is 286 Å². The van der Waals surface area contributed by atoms with Crippen molar-refractivity contribution in [1.29, 1.82) is 5.26 Å². The second-order valence-corrected chi connectivity index (χ2v) is 11.6. The molecule has 0 saturated heterocycles. The molecule has 0 bridgehead atoms. The van der Waals surface area contributed by atoms with Crippen LogP contribution >= 0.6 is 0 Å². The van der Waals surface area contributed by atoms with Gasteiger partial charge in [0.1, 0.15) is 35.4 Å². The Morgan fingerprint density at radius 2 is 1.12 bits per heavy atom. The molecule has 0 saturated carbocycles. The normalized spacial score (nSPS) is 11.2. The number of hydrogen-bond acceptors (Lipinski definition) is 4. The van der Waals surface area contributed by atoms with Gasteiger partial charge in [-0.3, -0.25) is 0 Å². The fourth-order valence-corrected chi connectivity index (χ4v) is 6.31. The van der Waals surface area contributed by atoms with E-state index in [2.05, 4.69) is 28.8 Å². The Hall–Kier alpha value is -6.26. The van der Waals surface area contributed by atoms with Crippen LogP contribution < -0.4 is 16.4 Å². The van der Waals surface area contributed by atoms with Gasteiger partial charge in [0, 0.05) is 33.2 Å². The smallest absolute Gasteiger partial charge is 0.164 e. The molecule has 222 valence electrons. The lowest BCUT2D eigenvalue weighted by Crippen LogP contribution is -2.38. The Balaban J connectivity index is 1.38. The van der Waals surface area contributed by atoms with Gasteiger partial charge in [-0.25, -0.2) is 19.3 Å². The molecule has 0 atom stereocenters. The second kappa shape index (κ2) is 12.1. The standard InChI is InChI=1S/C40H21B3FN5/c41-34-30(22-45)37(44)36(43)35(42)33(34)40-47-38(25-13-9-12-24(20-25)23-10-3-1-4-11-23)46-39(48-40)26-18-19-32-29(21-26)28-16-7-8-17-31(28)49(32)27-14-5-2-6-15-27/h1-21H. The molecular weight excluding hydrogens is 602 g/mol. The monoisotopic (exact) mass is 623 g/mol. The SMILES string of the molecule is [B]c1c([B])c(-c2nc(-c3cccc(-c4ccccc4)c3)nc(-c3ccc4c(c3)c3ccccc3n4-c3ccccc3)n2)c([B])c(C#N)c1F. The predicted molar refractivity (Wildman–Crippen MR) is 197 cm³/mol. The average molecular weight is 623 g/mol. The van der Waals surface area contributed by atoms with E-state index in [9.17, 15) is 9.65 Å². The van der Waals surface area contributed by atoms with Crippen molar-refractivity contribution in [2.75, 3.05) is 0 Å². The number of halogens is 1. The number of aromatic nitrogens is 4. The predicted octanol–water partition coefficient (Wildman–Crippen LogP) is 6.03. The van der Waals surface area contributed by atoms with E-state index in [-0.39, 0.29) is 22.3 Å². The first-order chi connectivity index (χ1) is 23.9. The molecule has 0 spiro atoms. The number of nitriles is 1. The Morgan fingerprint density at radius 3 is 1.86 bits per heavy atom. The minimum Gasteiger partial charge on any atom is -0.309 e.